The Kier molecular flexibility index (Phi) is 3.82. The molecular weight excluding hydrogens is 261 g/mol. The molecule has 0 saturated heterocycles. The molecule has 1 N–H and O–H groups in total. The molecule has 1 saturated carbocycles. The summed E-state index contributed by atoms with van der Waals surface area (Å²) in [5.41, 5.74) is 1.02. The molecule has 4 heteroatoms. The highest BCUT2D eigenvalue weighted by Gasteiger charge is 2.22. The first-order chi connectivity index (χ1) is 9.29. The van der Waals surface area contributed by atoms with Crippen molar-refractivity contribution in [2.24, 2.45) is 0 Å². The van der Waals surface area contributed by atoms with E-state index in [-0.39, 0.29) is 5.82 Å². The lowest BCUT2D eigenvalue weighted by atomic mass is 10.1. The number of ether oxygens (including phenoxy) is 1. The summed E-state index contributed by atoms with van der Waals surface area (Å²) in [5.74, 6) is -0.138. The quantitative estimate of drug-likeness (QED) is 0.867. The topological polar surface area (TPSA) is 21.3 Å². The molecule has 2 aromatic rings. The van der Waals surface area contributed by atoms with E-state index in [9.17, 15) is 4.39 Å². The summed E-state index contributed by atoms with van der Waals surface area (Å²) in [6.07, 6.45) is 2.53. The number of hydrogen-bond donors (Lipinski definition) is 1. The van der Waals surface area contributed by atoms with Crippen molar-refractivity contribution in [1.29, 1.82) is 0 Å². The molecule has 19 heavy (non-hydrogen) atoms. The van der Waals surface area contributed by atoms with Gasteiger partial charge in [0, 0.05) is 39.7 Å². The molecule has 1 aromatic carbocycles. The van der Waals surface area contributed by atoms with E-state index in [1.54, 1.807) is 17.4 Å². The van der Waals surface area contributed by atoms with E-state index >= 15 is 0 Å². The second-order valence-electron chi connectivity index (χ2n) is 4.91. The van der Waals surface area contributed by atoms with E-state index in [0.29, 0.717) is 19.3 Å². The van der Waals surface area contributed by atoms with Crippen molar-refractivity contribution in [2.75, 3.05) is 6.61 Å². The second kappa shape index (κ2) is 5.57. The molecule has 1 aliphatic rings. The van der Waals surface area contributed by atoms with Crippen LogP contribution in [-0.4, -0.2) is 12.6 Å². The molecule has 0 amide bonds. The zero-order valence-corrected chi connectivity index (χ0v) is 11.9. The Bertz CT molecular complexity index is 577. The summed E-state index contributed by atoms with van der Waals surface area (Å²) in [7, 11) is 0. The maximum Gasteiger partial charge on any atom is 0.132 e. The third-order valence-corrected chi connectivity index (χ3v) is 4.62. The molecule has 1 heterocycles. The number of benzene rings is 1. The molecule has 0 unspecified atom stereocenters. The van der Waals surface area contributed by atoms with Gasteiger partial charge >= 0.3 is 0 Å². The van der Waals surface area contributed by atoms with Crippen molar-refractivity contribution < 1.29 is 9.13 Å². The van der Waals surface area contributed by atoms with Crippen LogP contribution < -0.4 is 5.32 Å². The van der Waals surface area contributed by atoms with Crippen LogP contribution in [0.1, 0.15) is 30.2 Å². The third kappa shape index (κ3) is 2.81. The van der Waals surface area contributed by atoms with Crippen molar-refractivity contribution in [2.45, 2.75) is 39.0 Å². The fourth-order valence-electron chi connectivity index (χ4n) is 2.24. The monoisotopic (exact) mass is 279 g/mol. The molecule has 0 spiro atoms. The van der Waals surface area contributed by atoms with Crippen LogP contribution >= 0.6 is 11.3 Å². The van der Waals surface area contributed by atoms with Crippen LogP contribution in [0.2, 0.25) is 0 Å². The van der Waals surface area contributed by atoms with Crippen LogP contribution in [0.25, 0.3) is 10.1 Å². The second-order valence-corrected chi connectivity index (χ2v) is 6.05. The fourth-order valence-corrected chi connectivity index (χ4v) is 3.41. The Morgan fingerprint density at radius 2 is 2.26 bits per heavy atom. The average Bonchev–Trinajstić information content (AvgIpc) is 3.16. The van der Waals surface area contributed by atoms with E-state index in [0.717, 1.165) is 22.2 Å². The van der Waals surface area contributed by atoms with Crippen molar-refractivity contribution in [3.05, 3.63) is 34.5 Å². The Balaban J connectivity index is 1.95. The fraction of sp³-hybridized carbons (Fsp3) is 0.467. The SMILES string of the molecule is CCOCc1c(CNC2CC2)sc2cccc(F)c12. The molecular formula is C15H18FNOS. The molecule has 3 rings (SSSR count). The highest BCUT2D eigenvalue weighted by Crippen LogP contribution is 2.34. The van der Waals surface area contributed by atoms with Gasteiger partial charge in [-0.15, -0.1) is 11.3 Å². The van der Waals surface area contributed by atoms with Gasteiger partial charge in [-0.05, 0) is 31.9 Å². The molecule has 1 fully saturated rings. The van der Waals surface area contributed by atoms with Crippen molar-refractivity contribution in [3.63, 3.8) is 0 Å². The van der Waals surface area contributed by atoms with Gasteiger partial charge in [-0.3, -0.25) is 0 Å². The minimum atomic E-state index is -0.138. The van der Waals surface area contributed by atoms with E-state index in [4.69, 9.17) is 4.74 Å². The Hall–Kier alpha value is -0.970. The molecule has 1 aromatic heterocycles. The highest BCUT2D eigenvalue weighted by molar-refractivity contribution is 7.19. The Labute approximate surface area is 116 Å². The number of rotatable bonds is 6. The van der Waals surface area contributed by atoms with Gasteiger partial charge in [-0.1, -0.05) is 6.07 Å². The van der Waals surface area contributed by atoms with Crippen LogP contribution in [-0.2, 0) is 17.9 Å². The predicted molar refractivity (Wildman–Crippen MR) is 77.0 cm³/mol. The van der Waals surface area contributed by atoms with Gasteiger partial charge in [0.2, 0.25) is 0 Å². The van der Waals surface area contributed by atoms with Gasteiger partial charge in [0.25, 0.3) is 0 Å². The lowest BCUT2D eigenvalue weighted by molar-refractivity contribution is 0.134. The highest BCUT2D eigenvalue weighted by atomic mass is 32.1. The standard InChI is InChI=1S/C15H18FNOS/c1-2-18-9-11-14(8-17-10-6-7-10)19-13-5-3-4-12(16)15(11)13/h3-5,10,17H,2,6-9H2,1H3. The Morgan fingerprint density at radius 1 is 1.42 bits per heavy atom. The van der Waals surface area contributed by atoms with E-state index < -0.39 is 0 Å². The molecule has 0 aliphatic heterocycles. The molecule has 2 nitrogen and oxygen atoms in total. The summed E-state index contributed by atoms with van der Waals surface area (Å²) >= 11 is 1.68. The van der Waals surface area contributed by atoms with Crippen molar-refractivity contribution >= 4 is 21.4 Å². The number of fused-ring (bicyclic) bond motifs is 1. The van der Waals surface area contributed by atoms with Crippen LogP contribution in [0.4, 0.5) is 4.39 Å². The zero-order chi connectivity index (χ0) is 13.2. The predicted octanol–water partition coefficient (Wildman–Crippen LogP) is 3.83. The number of hydrogen-bond acceptors (Lipinski definition) is 3. The summed E-state index contributed by atoms with van der Waals surface area (Å²) in [6, 6.07) is 5.95. The maximum absolute atomic E-state index is 14.0. The van der Waals surface area contributed by atoms with Crippen molar-refractivity contribution in [1.82, 2.24) is 5.32 Å². The van der Waals surface area contributed by atoms with Gasteiger partial charge in [0.05, 0.1) is 6.61 Å². The van der Waals surface area contributed by atoms with Gasteiger partial charge in [0.1, 0.15) is 5.82 Å². The molecule has 1 aliphatic carbocycles. The molecule has 102 valence electrons. The maximum atomic E-state index is 14.0. The lowest BCUT2D eigenvalue weighted by Crippen LogP contribution is -2.15. The summed E-state index contributed by atoms with van der Waals surface area (Å²) in [5, 5.41) is 4.25. The van der Waals surface area contributed by atoms with Gasteiger partial charge in [-0.2, -0.15) is 0 Å². The minimum absolute atomic E-state index is 0.138. The Morgan fingerprint density at radius 3 is 3.00 bits per heavy atom. The van der Waals surface area contributed by atoms with E-state index in [2.05, 4.69) is 5.32 Å². The lowest BCUT2D eigenvalue weighted by Gasteiger charge is -2.06. The summed E-state index contributed by atoms with van der Waals surface area (Å²) < 4.78 is 20.6. The van der Waals surface area contributed by atoms with Crippen LogP contribution in [0.3, 0.4) is 0 Å². The first-order valence-corrected chi connectivity index (χ1v) is 7.61. The minimum Gasteiger partial charge on any atom is -0.377 e. The number of halogens is 1. The van der Waals surface area contributed by atoms with Gasteiger partial charge < -0.3 is 10.1 Å². The van der Waals surface area contributed by atoms with E-state index in [1.165, 1.54) is 23.8 Å². The first kappa shape index (κ1) is 13.0. The van der Waals surface area contributed by atoms with Crippen molar-refractivity contribution in [3.8, 4) is 0 Å². The number of thiophene rings is 1. The van der Waals surface area contributed by atoms with Crippen LogP contribution in [0, 0.1) is 5.82 Å². The molecule has 0 radical (unpaired) electrons. The first-order valence-electron chi connectivity index (χ1n) is 6.79. The average molecular weight is 279 g/mol. The largest absolute Gasteiger partial charge is 0.377 e. The zero-order valence-electron chi connectivity index (χ0n) is 11.0. The molecule has 0 bridgehead atoms. The third-order valence-electron chi connectivity index (χ3n) is 3.43. The van der Waals surface area contributed by atoms with E-state index in [1.807, 2.05) is 13.0 Å². The van der Waals surface area contributed by atoms with Gasteiger partial charge in [-0.25, -0.2) is 4.39 Å². The smallest absolute Gasteiger partial charge is 0.132 e. The van der Waals surface area contributed by atoms with Crippen LogP contribution in [0.15, 0.2) is 18.2 Å². The molecule has 0 atom stereocenters. The summed E-state index contributed by atoms with van der Waals surface area (Å²) in [6.45, 7) is 3.94. The normalized spacial score (nSPS) is 15.3. The number of nitrogens with one attached hydrogen (secondary N) is 1. The van der Waals surface area contributed by atoms with Gasteiger partial charge in [0.15, 0.2) is 0 Å². The van der Waals surface area contributed by atoms with Crippen LogP contribution in [0.5, 0.6) is 0 Å². The summed E-state index contributed by atoms with van der Waals surface area (Å²) in [4.78, 5) is 1.21.